The molecule has 0 aliphatic carbocycles. The van der Waals surface area contributed by atoms with E-state index in [1.165, 1.54) is 0 Å². The van der Waals surface area contributed by atoms with Gasteiger partial charge in [0.2, 0.25) is 0 Å². The van der Waals surface area contributed by atoms with Crippen LogP contribution in [0.15, 0.2) is 48.5 Å². The molecule has 0 spiro atoms. The average molecular weight is 411 g/mol. The van der Waals surface area contributed by atoms with Crippen LogP contribution < -0.4 is 0 Å². The van der Waals surface area contributed by atoms with Crippen molar-refractivity contribution in [3.63, 3.8) is 0 Å². The van der Waals surface area contributed by atoms with Gasteiger partial charge in [-0.25, -0.2) is 0 Å². The number of fused-ring (bicyclic) bond motifs is 2. The van der Waals surface area contributed by atoms with Crippen LogP contribution in [0.1, 0.15) is 0 Å². The van der Waals surface area contributed by atoms with Crippen LogP contribution in [0.5, 0.6) is 0 Å². The highest BCUT2D eigenvalue weighted by atomic mass is 35.5. The summed E-state index contributed by atoms with van der Waals surface area (Å²) in [6.45, 7) is 0. The Kier molecular flexibility index (Phi) is 3.41. The number of halogens is 2. The second-order valence-corrected chi connectivity index (χ2v) is 7.24. The van der Waals surface area contributed by atoms with Crippen LogP contribution in [0.4, 0.5) is 11.4 Å². The maximum Gasteiger partial charge on any atom is 0.365 e. The molecule has 5 aromatic carbocycles. The van der Waals surface area contributed by atoms with Crippen molar-refractivity contribution in [3.8, 4) is 0 Å². The van der Waals surface area contributed by atoms with Crippen molar-refractivity contribution in [2.45, 2.75) is 0 Å². The summed E-state index contributed by atoms with van der Waals surface area (Å²) >= 11 is 12.7. The minimum Gasteiger partial charge on any atom is -0.258 e. The van der Waals surface area contributed by atoms with Gasteiger partial charge in [0.25, 0.3) is 0 Å². The third-order valence-electron chi connectivity index (χ3n) is 5.13. The quantitative estimate of drug-likeness (QED) is 0.137. The number of rotatable bonds is 2. The van der Waals surface area contributed by atoms with Gasteiger partial charge < -0.3 is 0 Å². The summed E-state index contributed by atoms with van der Waals surface area (Å²) in [5.41, 5.74) is -1.30. The molecule has 0 amide bonds. The van der Waals surface area contributed by atoms with E-state index < -0.39 is 21.2 Å². The summed E-state index contributed by atoms with van der Waals surface area (Å²) < 4.78 is 0. The molecule has 0 bridgehead atoms. The normalized spacial score (nSPS) is 11.8. The molecule has 0 unspecified atom stereocenters. The van der Waals surface area contributed by atoms with Crippen molar-refractivity contribution in [3.05, 3.63) is 78.8 Å². The molecule has 6 nitrogen and oxygen atoms in total. The molecule has 8 heteroatoms. The Morgan fingerprint density at radius 3 is 1.86 bits per heavy atom. The molecule has 5 aromatic rings. The molecule has 0 aliphatic rings. The van der Waals surface area contributed by atoms with Crippen molar-refractivity contribution in [1.29, 1.82) is 0 Å². The highest BCUT2D eigenvalue weighted by molar-refractivity contribution is 6.45. The molecule has 0 atom stereocenters. The van der Waals surface area contributed by atoms with E-state index in [1.807, 2.05) is 18.2 Å². The van der Waals surface area contributed by atoms with Crippen molar-refractivity contribution in [1.82, 2.24) is 0 Å². The van der Waals surface area contributed by atoms with E-state index in [9.17, 15) is 20.2 Å². The summed E-state index contributed by atoms with van der Waals surface area (Å²) in [5.74, 6) is 0. The van der Waals surface area contributed by atoms with E-state index in [4.69, 9.17) is 23.2 Å². The summed E-state index contributed by atoms with van der Waals surface area (Å²) in [6, 6.07) is 14.1. The molecule has 0 aromatic heterocycles. The lowest BCUT2D eigenvalue weighted by Crippen LogP contribution is -2.01. The van der Waals surface area contributed by atoms with Crippen molar-refractivity contribution in [2.24, 2.45) is 0 Å². The van der Waals surface area contributed by atoms with Gasteiger partial charge in [-0.05, 0) is 27.6 Å². The van der Waals surface area contributed by atoms with Crippen molar-refractivity contribution in [2.75, 3.05) is 0 Å². The number of hydrogen-bond acceptors (Lipinski definition) is 4. The smallest absolute Gasteiger partial charge is 0.258 e. The van der Waals surface area contributed by atoms with Crippen LogP contribution in [0, 0.1) is 20.2 Å². The molecule has 0 N–H and O–H groups in total. The summed E-state index contributed by atoms with van der Waals surface area (Å²) in [7, 11) is 0. The lowest BCUT2D eigenvalue weighted by atomic mass is 9.88. The SMILES string of the molecule is O=[N+]([O-])c1c(Cl)c2cccc3c4ccc(Cl)c5cccc(c(c1[N+](=O)[O-])c23)c54. The second-order valence-electron chi connectivity index (χ2n) is 6.45. The Morgan fingerprint density at radius 1 is 0.607 bits per heavy atom. The summed E-state index contributed by atoms with van der Waals surface area (Å²) in [4.78, 5) is 22.1. The van der Waals surface area contributed by atoms with Crippen LogP contribution in [0.25, 0.3) is 43.1 Å². The fourth-order valence-electron chi connectivity index (χ4n) is 4.11. The first kappa shape index (κ1) is 16.9. The molecular formula is C20H8Cl2N2O4. The van der Waals surface area contributed by atoms with Crippen LogP contribution in [-0.2, 0) is 0 Å². The Balaban J connectivity index is 2.29. The van der Waals surface area contributed by atoms with Gasteiger partial charge in [0.15, 0.2) is 0 Å². The fraction of sp³-hybridized carbons (Fsp3) is 0. The van der Waals surface area contributed by atoms with Crippen LogP contribution in [0.2, 0.25) is 10.0 Å². The van der Waals surface area contributed by atoms with Gasteiger partial charge in [0, 0.05) is 21.2 Å². The van der Waals surface area contributed by atoms with E-state index in [0.29, 0.717) is 21.2 Å². The zero-order valence-electron chi connectivity index (χ0n) is 13.9. The molecule has 5 rings (SSSR count). The molecule has 0 fully saturated rings. The minimum atomic E-state index is -0.795. The first-order valence-corrected chi connectivity index (χ1v) is 8.96. The number of nitrogens with zero attached hydrogens (tertiary/aromatic N) is 2. The predicted octanol–water partition coefficient (Wildman–Crippen LogP) is 6.86. The predicted molar refractivity (Wildman–Crippen MR) is 111 cm³/mol. The van der Waals surface area contributed by atoms with E-state index >= 15 is 0 Å². The van der Waals surface area contributed by atoms with Gasteiger partial charge in [-0.1, -0.05) is 65.7 Å². The third kappa shape index (κ3) is 1.99. The molecule has 0 aliphatic heterocycles. The highest BCUT2D eigenvalue weighted by Crippen LogP contribution is 2.51. The van der Waals surface area contributed by atoms with Gasteiger partial charge in [-0.3, -0.25) is 20.2 Å². The van der Waals surface area contributed by atoms with Crippen LogP contribution in [-0.4, -0.2) is 9.85 Å². The number of benzene rings is 5. The molecule has 0 heterocycles. The number of nitro benzene ring substituents is 2. The van der Waals surface area contributed by atoms with Crippen LogP contribution >= 0.6 is 23.2 Å². The maximum absolute atomic E-state index is 12.0. The standard InChI is InChI=1S/C20H8Cl2N2O4/c21-14-8-7-10-9-3-1-6-13-16(9)17(12-5-2-4-11(14)15(10)12)19(23(25)26)20(18(13)22)24(27)28/h1-8H. The van der Waals surface area contributed by atoms with Gasteiger partial charge in [0.1, 0.15) is 5.02 Å². The maximum atomic E-state index is 12.0. The Labute approximate surface area is 166 Å². The molecule has 28 heavy (non-hydrogen) atoms. The lowest BCUT2D eigenvalue weighted by Gasteiger charge is -2.15. The van der Waals surface area contributed by atoms with Gasteiger partial charge in [0.05, 0.1) is 15.2 Å². The first-order chi connectivity index (χ1) is 13.4. The van der Waals surface area contributed by atoms with Crippen molar-refractivity contribution < 1.29 is 9.85 Å². The number of nitro groups is 2. The van der Waals surface area contributed by atoms with Crippen molar-refractivity contribution >= 4 is 77.7 Å². The first-order valence-electron chi connectivity index (χ1n) is 8.20. The topological polar surface area (TPSA) is 86.3 Å². The van der Waals surface area contributed by atoms with E-state index in [2.05, 4.69) is 0 Å². The molecular weight excluding hydrogens is 403 g/mol. The van der Waals surface area contributed by atoms with Crippen LogP contribution in [0.3, 0.4) is 0 Å². The van der Waals surface area contributed by atoms with Gasteiger partial charge >= 0.3 is 11.4 Å². The third-order valence-corrected chi connectivity index (χ3v) is 5.84. The summed E-state index contributed by atoms with van der Waals surface area (Å²) in [6.07, 6.45) is 0. The van der Waals surface area contributed by atoms with E-state index in [0.717, 1.165) is 21.5 Å². The zero-order valence-corrected chi connectivity index (χ0v) is 15.4. The minimum absolute atomic E-state index is 0.201. The molecule has 0 saturated carbocycles. The van der Waals surface area contributed by atoms with Gasteiger partial charge in [-0.2, -0.15) is 0 Å². The monoisotopic (exact) mass is 410 g/mol. The number of hydrogen-bond donors (Lipinski definition) is 0. The highest BCUT2D eigenvalue weighted by Gasteiger charge is 2.35. The lowest BCUT2D eigenvalue weighted by molar-refractivity contribution is -0.421. The Hall–Kier alpha value is -3.22. The summed E-state index contributed by atoms with van der Waals surface area (Å²) in [5, 5.41) is 28.6. The average Bonchev–Trinajstić information content (AvgIpc) is 2.67. The fourth-order valence-corrected chi connectivity index (χ4v) is 4.64. The van der Waals surface area contributed by atoms with E-state index in [1.54, 1.807) is 30.3 Å². The molecule has 0 saturated heterocycles. The Bertz CT molecular complexity index is 1500. The largest absolute Gasteiger partial charge is 0.365 e. The molecule has 0 radical (unpaired) electrons. The molecule has 136 valence electrons. The Morgan fingerprint density at radius 2 is 1.18 bits per heavy atom. The van der Waals surface area contributed by atoms with E-state index in [-0.39, 0.29) is 10.4 Å². The zero-order chi connectivity index (χ0) is 19.7. The van der Waals surface area contributed by atoms with Gasteiger partial charge in [-0.15, -0.1) is 0 Å². The second kappa shape index (κ2) is 5.64.